The lowest BCUT2D eigenvalue weighted by atomic mass is 9.82. The lowest BCUT2D eigenvalue weighted by Crippen LogP contribution is -2.47. The molecule has 0 N–H and O–H groups in total. The van der Waals surface area contributed by atoms with Gasteiger partial charge in [-0.2, -0.15) is 0 Å². The molecule has 16 nitrogen and oxygen atoms in total. The SMILES string of the molecule is O=C(OCC1CO1)C1CCC(COC(OCC2CCC(C(=O)OCC3CO3)CC2)(OCC2CCC(C(=O)OCC3CO3)CC2)OCC2CCC(C(=O)OCC3CO3)CC2)CC1. The van der Waals surface area contributed by atoms with E-state index in [0.717, 1.165) is 51.4 Å². The molecule has 4 atom stereocenters. The Morgan fingerprint density at radius 2 is 0.525 bits per heavy atom. The number of ether oxygens (including phenoxy) is 12. The van der Waals surface area contributed by atoms with Gasteiger partial charge in [0.2, 0.25) is 0 Å². The van der Waals surface area contributed by atoms with E-state index in [1.165, 1.54) is 0 Å². The molecule has 0 radical (unpaired) electrons. The van der Waals surface area contributed by atoms with Crippen molar-refractivity contribution in [2.24, 2.45) is 47.3 Å². The van der Waals surface area contributed by atoms with Crippen LogP contribution in [0.15, 0.2) is 0 Å². The quantitative estimate of drug-likeness (QED) is 0.0563. The molecule has 8 rings (SSSR count). The molecule has 4 aliphatic carbocycles. The first-order valence-electron chi connectivity index (χ1n) is 23.4. The van der Waals surface area contributed by atoms with Crippen LogP contribution in [0.2, 0.25) is 0 Å². The van der Waals surface area contributed by atoms with Crippen molar-refractivity contribution in [3.8, 4) is 0 Å². The maximum atomic E-state index is 12.8. The summed E-state index contributed by atoms with van der Waals surface area (Å²) in [5, 5.41) is 0. The van der Waals surface area contributed by atoms with Crippen LogP contribution >= 0.6 is 0 Å². The molecular weight excluding hydrogens is 796 g/mol. The smallest absolute Gasteiger partial charge is 0.412 e. The normalized spacial score (nSPS) is 36.5. The molecule has 344 valence electrons. The summed E-state index contributed by atoms with van der Waals surface area (Å²) < 4.78 is 69.7. The van der Waals surface area contributed by atoms with Crippen molar-refractivity contribution in [2.75, 3.05) is 79.3 Å². The van der Waals surface area contributed by atoms with Crippen molar-refractivity contribution < 1.29 is 76.0 Å². The van der Waals surface area contributed by atoms with Gasteiger partial charge in [-0.1, -0.05) is 0 Å². The zero-order chi connectivity index (χ0) is 42.0. The third-order valence-corrected chi connectivity index (χ3v) is 14.0. The van der Waals surface area contributed by atoms with Gasteiger partial charge in [0.05, 0.1) is 76.5 Å². The van der Waals surface area contributed by atoms with E-state index in [4.69, 9.17) is 56.8 Å². The van der Waals surface area contributed by atoms with Crippen LogP contribution in [0.3, 0.4) is 0 Å². The molecule has 8 fully saturated rings. The summed E-state index contributed by atoms with van der Waals surface area (Å²) in [6, 6.07) is 0. The van der Waals surface area contributed by atoms with Crippen LogP contribution in [0.1, 0.15) is 103 Å². The van der Waals surface area contributed by atoms with Crippen LogP contribution in [0.25, 0.3) is 0 Å². The van der Waals surface area contributed by atoms with Gasteiger partial charge < -0.3 is 56.8 Å². The summed E-state index contributed by atoms with van der Waals surface area (Å²) in [7, 11) is 0. The highest BCUT2D eigenvalue weighted by Gasteiger charge is 2.43. The first kappa shape index (κ1) is 45.1. The Bertz CT molecular complexity index is 1200. The van der Waals surface area contributed by atoms with Crippen LogP contribution in [0.4, 0.5) is 0 Å². The fourth-order valence-corrected chi connectivity index (χ4v) is 9.22. The average Bonchev–Trinajstić information content (AvgIpc) is 4.08. The molecular formula is C45H68O16. The number of carbonyl (C=O) groups is 4. The molecule has 61 heavy (non-hydrogen) atoms. The molecule has 0 spiro atoms. The summed E-state index contributed by atoms with van der Waals surface area (Å²) in [4.78, 5) is 51.0. The van der Waals surface area contributed by atoms with E-state index in [1.807, 2.05) is 0 Å². The molecule has 16 heteroatoms. The maximum absolute atomic E-state index is 12.8. The Morgan fingerprint density at radius 1 is 0.328 bits per heavy atom. The summed E-state index contributed by atoms with van der Waals surface area (Å²) in [6.07, 6.45) is 10.5. The molecule has 0 aromatic rings. The molecule has 0 aromatic carbocycles. The van der Waals surface area contributed by atoms with Gasteiger partial charge >= 0.3 is 30.0 Å². The van der Waals surface area contributed by atoms with Gasteiger partial charge in [-0.05, 0) is 126 Å². The van der Waals surface area contributed by atoms with Gasteiger partial charge in [0.1, 0.15) is 50.8 Å². The first-order chi connectivity index (χ1) is 29.8. The third-order valence-electron chi connectivity index (χ3n) is 14.0. The van der Waals surface area contributed by atoms with Crippen molar-refractivity contribution >= 4 is 23.9 Å². The van der Waals surface area contributed by atoms with Gasteiger partial charge in [-0.15, -0.1) is 0 Å². The van der Waals surface area contributed by atoms with Crippen LogP contribution in [-0.4, -0.2) is 134 Å². The maximum Gasteiger partial charge on any atom is 0.412 e. The standard InChI is InChI=1S/C45H68O16/c46-41(54-25-37-21-50-37)33-9-1-29(2-10-33)17-58-45(59-18-30-3-11-34(12-4-30)42(47)55-26-38-22-51-38,60-19-31-5-13-35(14-6-31)43(48)56-27-39-23-52-39)61-20-32-7-15-36(16-8-32)44(49)57-28-40-24-53-40/h29-40H,1-28H2. The van der Waals surface area contributed by atoms with E-state index in [1.54, 1.807) is 0 Å². The minimum absolute atomic E-state index is 0.0407. The van der Waals surface area contributed by atoms with E-state index in [9.17, 15) is 19.2 Å². The van der Waals surface area contributed by atoms with Gasteiger partial charge in [0.15, 0.2) is 0 Å². The zero-order valence-corrected chi connectivity index (χ0v) is 35.8. The van der Waals surface area contributed by atoms with Crippen molar-refractivity contribution in [3.63, 3.8) is 0 Å². The number of hydrogen-bond donors (Lipinski definition) is 0. The molecule has 0 aromatic heterocycles. The van der Waals surface area contributed by atoms with Crippen LogP contribution < -0.4 is 0 Å². The predicted molar refractivity (Wildman–Crippen MR) is 211 cm³/mol. The second-order valence-corrected chi connectivity index (χ2v) is 19.0. The van der Waals surface area contributed by atoms with Crippen molar-refractivity contribution in [1.29, 1.82) is 0 Å². The summed E-state index contributed by atoms with van der Waals surface area (Å²) in [6.45, 7) is 5.19. The third kappa shape index (κ3) is 14.8. The number of esters is 4. The Balaban J connectivity index is 0.886. The monoisotopic (exact) mass is 864 g/mol. The van der Waals surface area contributed by atoms with Crippen LogP contribution in [0, 0.1) is 47.3 Å². The second-order valence-electron chi connectivity index (χ2n) is 19.0. The lowest BCUT2D eigenvalue weighted by Gasteiger charge is -2.39. The minimum atomic E-state index is -1.78. The van der Waals surface area contributed by atoms with Gasteiger partial charge in [-0.25, -0.2) is 0 Å². The molecule has 4 saturated carbocycles. The first-order valence-corrected chi connectivity index (χ1v) is 23.4. The topological polar surface area (TPSA) is 192 Å². The van der Waals surface area contributed by atoms with E-state index in [-0.39, 0.29) is 95.6 Å². The largest absolute Gasteiger partial charge is 0.463 e. The fourth-order valence-electron chi connectivity index (χ4n) is 9.22. The van der Waals surface area contributed by atoms with E-state index in [2.05, 4.69) is 0 Å². The summed E-state index contributed by atoms with van der Waals surface area (Å²) in [5.41, 5.74) is 0. The lowest BCUT2D eigenvalue weighted by molar-refractivity contribution is -0.506. The predicted octanol–water partition coefficient (Wildman–Crippen LogP) is 4.66. The Kier molecular flexibility index (Phi) is 16.3. The number of rotatable bonds is 24. The number of carbonyl (C=O) groups excluding carboxylic acids is 4. The number of epoxide rings is 4. The van der Waals surface area contributed by atoms with Crippen molar-refractivity contribution in [3.05, 3.63) is 0 Å². The van der Waals surface area contributed by atoms with Crippen LogP contribution in [-0.2, 0) is 76.0 Å². The summed E-state index contributed by atoms with van der Waals surface area (Å²) in [5.74, 6) is -0.503. The fraction of sp³-hybridized carbons (Fsp3) is 0.911. The zero-order valence-electron chi connectivity index (χ0n) is 35.8. The highest BCUT2D eigenvalue weighted by molar-refractivity contribution is 5.73. The molecule has 8 aliphatic rings. The Morgan fingerprint density at radius 3 is 0.705 bits per heavy atom. The molecule has 0 amide bonds. The Hall–Kier alpha value is -2.44. The Labute approximate surface area is 359 Å². The average molecular weight is 865 g/mol. The summed E-state index contributed by atoms with van der Waals surface area (Å²) >= 11 is 0. The van der Waals surface area contributed by atoms with Gasteiger partial charge in [0, 0.05) is 0 Å². The molecule has 4 heterocycles. The van der Waals surface area contributed by atoms with E-state index >= 15 is 0 Å². The molecule has 4 saturated heterocycles. The van der Waals surface area contributed by atoms with Crippen LogP contribution in [0.5, 0.6) is 0 Å². The minimum Gasteiger partial charge on any atom is -0.463 e. The van der Waals surface area contributed by atoms with E-state index in [0.29, 0.717) is 131 Å². The highest BCUT2D eigenvalue weighted by atomic mass is 17.0. The second kappa shape index (κ2) is 22.0. The highest BCUT2D eigenvalue weighted by Crippen LogP contribution is 2.38. The molecule has 4 aliphatic heterocycles. The molecule has 4 unspecified atom stereocenters. The van der Waals surface area contributed by atoms with Gasteiger partial charge in [-0.3, -0.25) is 19.2 Å². The van der Waals surface area contributed by atoms with Crippen molar-refractivity contribution in [1.82, 2.24) is 0 Å². The number of hydrogen-bond acceptors (Lipinski definition) is 16. The molecule has 0 bridgehead atoms. The van der Waals surface area contributed by atoms with Gasteiger partial charge in [0.25, 0.3) is 0 Å². The van der Waals surface area contributed by atoms with Crippen molar-refractivity contribution in [2.45, 2.75) is 133 Å². The van der Waals surface area contributed by atoms with E-state index < -0.39 is 6.16 Å².